The predicted molar refractivity (Wildman–Crippen MR) is 147 cm³/mol. The molecule has 5 aromatic carbocycles. The fraction of sp³-hybridized carbons (Fsp3) is 0.0938. The summed E-state index contributed by atoms with van der Waals surface area (Å²) in [6.07, 6.45) is 0. The van der Waals surface area contributed by atoms with E-state index in [0.29, 0.717) is 0 Å². The van der Waals surface area contributed by atoms with Gasteiger partial charge >= 0.3 is 0 Å². The molecule has 1 aromatic heterocycles. The van der Waals surface area contributed by atoms with Crippen LogP contribution < -0.4 is 0 Å². The van der Waals surface area contributed by atoms with Gasteiger partial charge in [-0.1, -0.05) is 115 Å². The van der Waals surface area contributed by atoms with Crippen molar-refractivity contribution in [3.8, 4) is 22.4 Å². The monoisotopic (exact) mass is 499 g/mol. The van der Waals surface area contributed by atoms with E-state index in [4.69, 9.17) is 4.98 Å². The van der Waals surface area contributed by atoms with E-state index >= 15 is 0 Å². The molecule has 7 rings (SSSR count). The van der Waals surface area contributed by atoms with Crippen molar-refractivity contribution in [1.29, 1.82) is 0 Å². The molecular formula is C32H22BrN. The molecule has 0 amide bonds. The minimum atomic E-state index is -0.159. The largest absolute Gasteiger partial charge is 0.247 e. The van der Waals surface area contributed by atoms with E-state index in [0.717, 1.165) is 15.7 Å². The summed E-state index contributed by atoms with van der Waals surface area (Å²) in [5.41, 5.74) is 8.50. The molecule has 0 unspecified atom stereocenters. The fourth-order valence-electron chi connectivity index (χ4n) is 5.96. The highest BCUT2D eigenvalue weighted by molar-refractivity contribution is 9.10. The minimum Gasteiger partial charge on any atom is -0.247 e. The van der Waals surface area contributed by atoms with Crippen molar-refractivity contribution < 1.29 is 0 Å². The molecule has 0 saturated carbocycles. The second-order valence-corrected chi connectivity index (χ2v) is 10.6. The Kier molecular flexibility index (Phi) is 4.11. The molecule has 0 radical (unpaired) electrons. The molecule has 0 aliphatic heterocycles. The van der Waals surface area contributed by atoms with Crippen LogP contribution in [0.25, 0.3) is 54.8 Å². The third-order valence-corrected chi connectivity index (χ3v) is 8.19. The molecule has 1 aliphatic carbocycles. The molecule has 1 aliphatic rings. The first-order chi connectivity index (χ1) is 16.6. The Labute approximate surface area is 207 Å². The van der Waals surface area contributed by atoms with Gasteiger partial charge in [0.15, 0.2) is 0 Å². The number of rotatable bonds is 1. The average Bonchev–Trinajstić information content (AvgIpc) is 3.10. The van der Waals surface area contributed by atoms with E-state index in [9.17, 15) is 0 Å². The second kappa shape index (κ2) is 7.01. The van der Waals surface area contributed by atoms with Gasteiger partial charge in [-0.25, -0.2) is 4.98 Å². The van der Waals surface area contributed by atoms with Crippen LogP contribution in [0.1, 0.15) is 25.0 Å². The lowest BCUT2D eigenvalue weighted by Gasteiger charge is -2.26. The lowest BCUT2D eigenvalue weighted by atomic mass is 9.77. The van der Waals surface area contributed by atoms with Crippen LogP contribution in [0.3, 0.4) is 0 Å². The van der Waals surface area contributed by atoms with Crippen molar-refractivity contribution in [1.82, 2.24) is 4.98 Å². The van der Waals surface area contributed by atoms with E-state index in [1.165, 1.54) is 54.7 Å². The number of hydrogen-bond donors (Lipinski definition) is 0. The van der Waals surface area contributed by atoms with Crippen LogP contribution in [-0.2, 0) is 5.41 Å². The molecule has 34 heavy (non-hydrogen) atoms. The number of aromatic nitrogens is 1. The van der Waals surface area contributed by atoms with E-state index < -0.39 is 0 Å². The van der Waals surface area contributed by atoms with Crippen molar-refractivity contribution in [3.63, 3.8) is 0 Å². The van der Waals surface area contributed by atoms with Gasteiger partial charge in [0, 0.05) is 20.8 Å². The molecule has 162 valence electrons. The minimum absolute atomic E-state index is 0.159. The summed E-state index contributed by atoms with van der Waals surface area (Å²) in [6, 6.07) is 35.0. The quantitative estimate of drug-likeness (QED) is 0.205. The van der Waals surface area contributed by atoms with Gasteiger partial charge in [-0.05, 0) is 55.9 Å². The molecule has 0 bridgehead atoms. The van der Waals surface area contributed by atoms with Crippen molar-refractivity contribution in [2.75, 3.05) is 0 Å². The van der Waals surface area contributed by atoms with E-state index in [1.807, 2.05) is 0 Å². The molecule has 0 saturated heterocycles. The fourth-order valence-corrected chi connectivity index (χ4v) is 6.44. The first-order valence-electron chi connectivity index (χ1n) is 11.7. The zero-order valence-electron chi connectivity index (χ0n) is 19.1. The van der Waals surface area contributed by atoms with Crippen LogP contribution in [0, 0.1) is 0 Å². The SMILES string of the molecule is CC1(C)c2ccccc2-c2nc3ccc4ccccc4c3c(-c3ccc(Br)c4ccccc34)c21. The Morgan fingerprint density at radius 2 is 1.35 bits per heavy atom. The van der Waals surface area contributed by atoms with Gasteiger partial charge in [0.1, 0.15) is 0 Å². The summed E-state index contributed by atoms with van der Waals surface area (Å²) in [6.45, 7) is 4.70. The summed E-state index contributed by atoms with van der Waals surface area (Å²) < 4.78 is 1.12. The van der Waals surface area contributed by atoms with Crippen molar-refractivity contribution in [2.24, 2.45) is 0 Å². The van der Waals surface area contributed by atoms with Gasteiger partial charge in [0.05, 0.1) is 11.2 Å². The molecule has 0 atom stereocenters. The summed E-state index contributed by atoms with van der Waals surface area (Å²) in [4.78, 5) is 5.32. The zero-order chi connectivity index (χ0) is 23.0. The van der Waals surface area contributed by atoms with Crippen LogP contribution in [0.2, 0.25) is 0 Å². The summed E-state index contributed by atoms with van der Waals surface area (Å²) >= 11 is 3.79. The van der Waals surface area contributed by atoms with Gasteiger partial charge in [0.25, 0.3) is 0 Å². The number of benzene rings is 5. The smallest absolute Gasteiger partial charge is 0.0759 e. The molecule has 0 spiro atoms. The normalized spacial score (nSPS) is 14.0. The van der Waals surface area contributed by atoms with E-state index in [-0.39, 0.29) is 5.41 Å². The number of halogens is 1. The Hall–Kier alpha value is -3.49. The third kappa shape index (κ3) is 2.58. The van der Waals surface area contributed by atoms with Crippen LogP contribution >= 0.6 is 15.9 Å². The van der Waals surface area contributed by atoms with Crippen LogP contribution in [0.4, 0.5) is 0 Å². The Morgan fingerprint density at radius 3 is 2.21 bits per heavy atom. The van der Waals surface area contributed by atoms with Crippen molar-refractivity contribution in [3.05, 3.63) is 113 Å². The van der Waals surface area contributed by atoms with Crippen LogP contribution in [-0.4, -0.2) is 4.98 Å². The number of nitrogens with zero attached hydrogens (tertiary/aromatic N) is 1. The highest BCUT2D eigenvalue weighted by atomic mass is 79.9. The standard InChI is InChI=1S/C32H22BrN/c1-32(2)25-14-8-7-13-24(25)31-30(32)29(23-16-17-26(33)22-12-6-5-11-21(22)23)28-20-10-4-3-9-19(20)15-18-27(28)34-31/h3-18H,1-2H3. The lowest BCUT2D eigenvalue weighted by molar-refractivity contribution is 0.662. The summed E-state index contributed by atoms with van der Waals surface area (Å²) in [5, 5.41) is 6.22. The van der Waals surface area contributed by atoms with Crippen molar-refractivity contribution >= 4 is 48.4 Å². The van der Waals surface area contributed by atoms with Gasteiger partial charge in [-0.3, -0.25) is 0 Å². The Bertz CT molecular complexity index is 1800. The van der Waals surface area contributed by atoms with Gasteiger partial charge < -0.3 is 0 Å². The maximum atomic E-state index is 5.32. The molecule has 6 aromatic rings. The number of hydrogen-bond acceptors (Lipinski definition) is 1. The molecular weight excluding hydrogens is 478 g/mol. The molecule has 0 N–H and O–H groups in total. The molecule has 1 nitrogen and oxygen atoms in total. The zero-order valence-corrected chi connectivity index (χ0v) is 20.6. The third-order valence-electron chi connectivity index (χ3n) is 7.50. The topological polar surface area (TPSA) is 12.9 Å². The predicted octanol–water partition coefficient (Wildman–Crippen LogP) is 9.28. The van der Waals surface area contributed by atoms with E-state index in [2.05, 4.69) is 127 Å². The first-order valence-corrected chi connectivity index (χ1v) is 12.5. The number of fused-ring (bicyclic) bond motifs is 7. The Morgan fingerprint density at radius 1 is 0.647 bits per heavy atom. The maximum absolute atomic E-state index is 5.32. The average molecular weight is 500 g/mol. The lowest BCUT2D eigenvalue weighted by Crippen LogP contribution is -2.17. The highest BCUT2D eigenvalue weighted by Gasteiger charge is 2.40. The van der Waals surface area contributed by atoms with Crippen LogP contribution in [0.15, 0.2) is 102 Å². The molecule has 1 heterocycles. The summed E-state index contributed by atoms with van der Waals surface area (Å²) in [5.74, 6) is 0. The van der Waals surface area contributed by atoms with Gasteiger partial charge in [-0.2, -0.15) is 0 Å². The molecule has 2 heteroatoms. The summed E-state index contributed by atoms with van der Waals surface area (Å²) in [7, 11) is 0. The van der Waals surface area contributed by atoms with E-state index in [1.54, 1.807) is 0 Å². The van der Waals surface area contributed by atoms with Crippen molar-refractivity contribution in [2.45, 2.75) is 19.3 Å². The van der Waals surface area contributed by atoms with Gasteiger partial charge in [-0.15, -0.1) is 0 Å². The number of pyridine rings is 1. The van der Waals surface area contributed by atoms with Gasteiger partial charge in [0.2, 0.25) is 0 Å². The highest BCUT2D eigenvalue weighted by Crippen LogP contribution is 2.54. The first kappa shape index (κ1) is 19.9. The maximum Gasteiger partial charge on any atom is 0.0759 e. The Balaban J connectivity index is 1.77. The second-order valence-electron chi connectivity index (χ2n) is 9.70. The van der Waals surface area contributed by atoms with Crippen LogP contribution in [0.5, 0.6) is 0 Å². The molecule has 0 fully saturated rings.